The molecule has 0 spiro atoms. The molecule has 150 valence electrons. The minimum absolute atomic E-state index is 0.0630. The summed E-state index contributed by atoms with van der Waals surface area (Å²) in [4.78, 5) is 23.8. The van der Waals surface area contributed by atoms with Gasteiger partial charge in [-0.2, -0.15) is 16.1 Å². The van der Waals surface area contributed by atoms with Crippen LogP contribution in [0.2, 0.25) is 0 Å². The van der Waals surface area contributed by atoms with Gasteiger partial charge in [0.15, 0.2) is 0 Å². The van der Waals surface area contributed by atoms with E-state index in [1.165, 1.54) is 40.3 Å². The van der Waals surface area contributed by atoms with E-state index in [2.05, 4.69) is 5.32 Å². The lowest BCUT2D eigenvalue weighted by Gasteiger charge is -2.20. The van der Waals surface area contributed by atoms with Crippen LogP contribution in [0.25, 0.3) is 0 Å². The van der Waals surface area contributed by atoms with E-state index in [1.54, 1.807) is 0 Å². The maximum absolute atomic E-state index is 12.9. The average Bonchev–Trinajstić information content (AvgIpc) is 2.95. The monoisotopic (exact) mass is 414 g/mol. The SMILES string of the molecule is CSCC[C@H](NC(=O)c1cccc(S(=O)(=O)N2CCCCCC2)c1)C(=O)O. The minimum atomic E-state index is -3.67. The molecular formula is C18H26N2O5S2. The molecule has 27 heavy (non-hydrogen) atoms. The summed E-state index contributed by atoms with van der Waals surface area (Å²) < 4.78 is 27.2. The highest BCUT2D eigenvalue weighted by molar-refractivity contribution is 7.98. The van der Waals surface area contributed by atoms with Crippen LogP contribution in [-0.4, -0.2) is 60.8 Å². The van der Waals surface area contributed by atoms with Crippen molar-refractivity contribution < 1.29 is 23.1 Å². The Morgan fingerprint density at radius 1 is 1.22 bits per heavy atom. The Hall–Kier alpha value is -1.58. The quantitative estimate of drug-likeness (QED) is 0.676. The Balaban J connectivity index is 2.18. The molecule has 0 radical (unpaired) electrons. The van der Waals surface area contributed by atoms with Gasteiger partial charge in [-0.1, -0.05) is 18.9 Å². The third kappa shape index (κ3) is 5.95. The molecule has 0 aromatic heterocycles. The maximum Gasteiger partial charge on any atom is 0.326 e. The summed E-state index contributed by atoms with van der Waals surface area (Å²) in [5, 5.41) is 11.7. The number of hydrogen-bond acceptors (Lipinski definition) is 5. The molecule has 0 bridgehead atoms. The van der Waals surface area contributed by atoms with E-state index < -0.39 is 27.9 Å². The molecule has 2 rings (SSSR count). The number of thioether (sulfide) groups is 1. The van der Waals surface area contributed by atoms with Gasteiger partial charge in [-0.25, -0.2) is 13.2 Å². The predicted molar refractivity (Wildman–Crippen MR) is 106 cm³/mol. The molecule has 0 aliphatic carbocycles. The highest BCUT2D eigenvalue weighted by Crippen LogP contribution is 2.21. The first-order chi connectivity index (χ1) is 12.9. The van der Waals surface area contributed by atoms with E-state index in [4.69, 9.17) is 0 Å². The molecule has 1 aliphatic heterocycles. The van der Waals surface area contributed by atoms with Crippen molar-refractivity contribution in [1.82, 2.24) is 9.62 Å². The zero-order chi connectivity index (χ0) is 19.9. The Bertz CT molecular complexity index is 759. The van der Waals surface area contributed by atoms with Crippen molar-refractivity contribution in [1.29, 1.82) is 0 Å². The first-order valence-electron chi connectivity index (χ1n) is 8.99. The van der Waals surface area contributed by atoms with Gasteiger partial charge in [0.2, 0.25) is 10.0 Å². The maximum atomic E-state index is 12.9. The molecule has 1 fully saturated rings. The van der Waals surface area contributed by atoms with E-state index in [1.807, 2.05) is 6.26 Å². The van der Waals surface area contributed by atoms with Crippen LogP contribution in [0.15, 0.2) is 29.2 Å². The van der Waals surface area contributed by atoms with Gasteiger partial charge in [0.05, 0.1) is 4.90 Å². The van der Waals surface area contributed by atoms with Crippen LogP contribution in [-0.2, 0) is 14.8 Å². The highest BCUT2D eigenvalue weighted by atomic mass is 32.2. The number of carboxylic acid groups (broad SMARTS) is 1. The number of sulfonamides is 1. The number of nitrogens with one attached hydrogen (secondary N) is 1. The third-order valence-electron chi connectivity index (χ3n) is 4.51. The number of rotatable bonds is 8. The van der Waals surface area contributed by atoms with Crippen LogP contribution in [0, 0.1) is 0 Å². The number of aliphatic carboxylic acids is 1. The van der Waals surface area contributed by atoms with Gasteiger partial charge in [-0.3, -0.25) is 4.79 Å². The molecular weight excluding hydrogens is 388 g/mol. The minimum Gasteiger partial charge on any atom is -0.480 e. The highest BCUT2D eigenvalue weighted by Gasteiger charge is 2.26. The zero-order valence-corrected chi connectivity index (χ0v) is 17.0. The molecule has 1 heterocycles. The van der Waals surface area contributed by atoms with Crippen LogP contribution in [0.1, 0.15) is 42.5 Å². The molecule has 1 saturated heterocycles. The van der Waals surface area contributed by atoms with E-state index in [-0.39, 0.29) is 10.5 Å². The second-order valence-corrected chi connectivity index (χ2v) is 9.42. The summed E-state index contributed by atoms with van der Waals surface area (Å²) in [6.07, 6.45) is 5.85. The molecule has 1 aliphatic rings. The van der Waals surface area contributed by atoms with Crippen LogP contribution in [0.3, 0.4) is 0 Å². The number of benzene rings is 1. The van der Waals surface area contributed by atoms with Crippen molar-refractivity contribution in [3.63, 3.8) is 0 Å². The van der Waals surface area contributed by atoms with Crippen LogP contribution >= 0.6 is 11.8 Å². The summed E-state index contributed by atoms with van der Waals surface area (Å²) in [5.41, 5.74) is 0.140. The Morgan fingerprint density at radius 3 is 2.48 bits per heavy atom. The van der Waals surface area contributed by atoms with Gasteiger partial charge in [0.1, 0.15) is 6.04 Å². The number of carbonyl (C=O) groups is 2. The van der Waals surface area contributed by atoms with Gasteiger partial charge < -0.3 is 10.4 Å². The first kappa shape index (κ1) is 21.7. The molecule has 0 saturated carbocycles. The summed E-state index contributed by atoms with van der Waals surface area (Å²) in [7, 11) is -3.67. The van der Waals surface area contributed by atoms with Gasteiger partial charge in [-0.05, 0) is 49.5 Å². The molecule has 1 atom stereocenters. The fourth-order valence-corrected chi connectivity index (χ4v) is 5.00. The smallest absolute Gasteiger partial charge is 0.326 e. The van der Waals surface area contributed by atoms with E-state index in [0.29, 0.717) is 25.3 Å². The van der Waals surface area contributed by atoms with Crippen molar-refractivity contribution in [3.05, 3.63) is 29.8 Å². The molecule has 1 aromatic carbocycles. The Kier molecular flexibility index (Phi) is 8.12. The first-order valence-corrected chi connectivity index (χ1v) is 11.8. The number of nitrogens with zero attached hydrogens (tertiary/aromatic N) is 1. The molecule has 1 aromatic rings. The van der Waals surface area contributed by atoms with E-state index >= 15 is 0 Å². The fourth-order valence-electron chi connectivity index (χ4n) is 2.96. The predicted octanol–water partition coefficient (Wildman–Crippen LogP) is 2.19. The number of carboxylic acids is 1. The summed E-state index contributed by atoms with van der Waals surface area (Å²) >= 11 is 1.49. The third-order valence-corrected chi connectivity index (χ3v) is 7.05. The van der Waals surface area contributed by atoms with Crippen molar-refractivity contribution >= 4 is 33.7 Å². The Labute approximate surface area is 164 Å². The number of hydrogen-bond donors (Lipinski definition) is 2. The lowest BCUT2D eigenvalue weighted by molar-refractivity contribution is -0.139. The van der Waals surface area contributed by atoms with Crippen LogP contribution < -0.4 is 5.32 Å². The van der Waals surface area contributed by atoms with E-state index in [0.717, 1.165) is 25.7 Å². The lowest BCUT2D eigenvalue weighted by Crippen LogP contribution is -2.41. The summed E-state index contributed by atoms with van der Waals surface area (Å²) in [5.74, 6) is -1.09. The fraction of sp³-hybridized carbons (Fsp3) is 0.556. The van der Waals surface area contributed by atoms with Crippen LogP contribution in [0.4, 0.5) is 0 Å². The van der Waals surface area contributed by atoms with Crippen molar-refractivity contribution in [2.24, 2.45) is 0 Å². The largest absolute Gasteiger partial charge is 0.480 e. The van der Waals surface area contributed by atoms with E-state index in [9.17, 15) is 23.1 Å². The lowest BCUT2D eigenvalue weighted by atomic mass is 10.1. The topological polar surface area (TPSA) is 104 Å². The van der Waals surface area contributed by atoms with Gasteiger partial charge in [-0.15, -0.1) is 0 Å². The van der Waals surface area contributed by atoms with Gasteiger partial charge in [0.25, 0.3) is 5.91 Å². The molecule has 9 heteroatoms. The number of amides is 1. The van der Waals surface area contributed by atoms with Crippen LogP contribution in [0.5, 0.6) is 0 Å². The molecule has 0 unspecified atom stereocenters. The summed E-state index contributed by atoms with van der Waals surface area (Å²) in [6.45, 7) is 0.961. The van der Waals surface area contributed by atoms with Gasteiger partial charge >= 0.3 is 5.97 Å². The standard InChI is InChI=1S/C18H26N2O5S2/c1-26-12-9-16(18(22)23)19-17(21)14-7-6-8-15(13-14)27(24,25)20-10-4-2-3-5-11-20/h6-8,13,16H,2-5,9-12H2,1H3,(H,19,21)(H,22,23)/t16-/m0/s1. The molecule has 1 amide bonds. The average molecular weight is 415 g/mol. The molecule has 7 nitrogen and oxygen atoms in total. The zero-order valence-electron chi connectivity index (χ0n) is 15.4. The van der Waals surface area contributed by atoms with Gasteiger partial charge in [0, 0.05) is 18.7 Å². The van der Waals surface area contributed by atoms with Crippen molar-refractivity contribution in [2.75, 3.05) is 25.1 Å². The number of carbonyl (C=O) groups excluding carboxylic acids is 1. The summed E-state index contributed by atoms with van der Waals surface area (Å²) in [6, 6.07) is 4.79. The second kappa shape index (κ2) is 10.1. The molecule has 2 N–H and O–H groups in total. The van der Waals surface area contributed by atoms with Crippen molar-refractivity contribution in [3.8, 4) is 0 Å². The second-order valence-electron chi connectivity index (χ2n) is 6.49. The normalized spacial score (nSPS) is 17.1. The Morgan fingerprint density at radius 2 is 1.89 bits per heavy atom. The van der Waals surface area contributed by atoms with Crippen molar-refractivity contribution in [2.45, 2.75) is 43.0 Å².